The molecule has 1 aliphatic rings. The maximum atomic E-state index is 11.5. The number of thiophene rings is 1. The molecule has 3 aromatic rings. The van der Waals surface area contributed by atoms with Gasteiger partial charge in [-0.3, -0.25) is 9.59 Å². The molecular weight excluding hydrogens is 356 g/mol. The molecule has 0 unspecified atom stereocenters. The Hall–Kier alpha value is -3.05. The second-order valence-corrected chi connectivity index (χ2v) is 7.42. The van der Waals surface area contributed by atoms with Crippen molar-refractivity contribution in [1.29, 1.82) is 0 Å². The lowest BCUT2D eigenvalue weighted by atomic mass is 10.1. The standard InChI is InChI=1S/C22H18N2O2S/c1-14(25)16-3-7-19(8-4-16)23-22-21-18(11-12-27-21)13-24(22)20-9-5-17(6-10-20)15(2)26/h3-12H,13H2,1-2H3. The smallest absolute Gasteiger partial charge is 0.159 e. The fraction of sp³-hybridized carbons (Fsp3) is 0.136. The van der Waals surface area contributed by atoms with Gasteiger partial charge in [-0.15, -0.1) is 11.3 Å². The van der Waals surface area contributed by atoms with Crippen LogP contribution in [0, 0.1) is 0 Å². The number of rotatable bonds is 4. The predicted molar refractivity (Wildman–Crippen MR) is 110 cm³/mol. The Balaban J connectivity index is 1.72. The van der Waals surface area contributed by atoms with Gasteiger partial charge in [-0.05, 0) is 79.4 Å². The molecule has 1 aliphatic heterocycles. The van der Waals surface area contributed by atoms with Crippen LogP contribution in [0.4, 0.5) is 11.4 Å². The van der Waals surface area contributed by atoms with Crippen LogP contribution in [-0.2, 0) is 6.54 Å². The molecule has 0 atom stereocenters. The van der Waals surface area contributed by atoms with Gasteiger partial charge in [0, 0.05) is 16.8 Å². The highest BCUT2D eigenvalue weighted by Crippen LogP contribution is 2.34. The number of carbonyl (C=O) groups is 2. The molecule has 0 saturated heterocycles. The third-order valence-electron chi connectivity index (χ3n) is 4.63. The van der Waals surface area contributed by atoms with Gasteiger partial charge in [-0.2, -0.15) is 0 Å². The first-order valence-corrected chi connectivity index (χ1v) is 9.56. The minimum atomic E-state index is 0.0443. The number of nitrogens with zero attached hydrogens (tertiary/aromatic N) is 2. The van der Waals surface area contributed by atoms with E-state index in [2.05, 4.69) is 16.3 Å². The number of Topliss-reactive ketones (excluding diaryl/α,β-unsaturated/α-hetero) is 2. The zero-order chi connectivity index (χ0) is 19.0. The van der Waals surface area contributed by atoms with Gasteiger partial charge in [0.1, 0.15) is 0 Å². The summed E-state index contributed by atoms with van der Waals surface area (Å²) in [5.41, 5.74) is 4.43. The first-order valence-electron chi connectivity index (χ1n) is 8.68. The molecule has 0 spiro atoms. The number of amidine groups is 1. The molecule has 0 N–H and O–H groups in total. The summed E-state index contributed by atoms with van der Waals surface area (Å²) in [7, 11) is 0. The van der Waals surface area contributed by atoms with E-state index in [0.717, 1.165) is 28.6 Å². The zero-order valence-corrected chi connectivity index (χ0v) is 15.9. The van der Waals surface area contributed by atoms with Crippen LogP contribution < -0.4 is 4.90 Å². The molecular formula is C22H18N2O2S. The van der Waals surface area contributed by atoms with Gasteiger partial charge in [0.15, 0.2) is 17.4 Å². The number of benzene rings is 2. The van der Waals surface area contributed by atoms with Crippen molar-refractivity contribution in [2.24, 2.45) is 4.99 Å². The van der Waals surface area contributed by atoms with E-state index in [1.165, 1.54) is 5.56 Å². The second kappa shape index (κ2) is 6.93. The second-order valence-electron chi connectivity index (χ2n) is 6.50. The van der Waals surface area contributed by atoms with Crippen molar-refractivity contribution >= 4 is 40.1 Å². The minimum absolute atomic E-state index is 0.0443. The molecule has 4 nitrogen and oxygen atoms in total. The lowest BCUT2D eigenvalue weighted by molar-refractivity contribution is 0.100. The lowest BCUT2D eigenvalue weighted by Gasteiger charge is -2.19. The summed E-state index contributed by atoms with van der Waals surface area (Å²) in [5, 5.41) is 2.08. The van der Waals surface area contributed by atoms with Gasteiger partial charge < -0.3 is 4.90 Å². The van der Waals surface area contributed by atoms with Crippen molar-refractivity contribution in [2.75, 3.05) is 4.90 Å². The number of hydrogen-bond donors (Lipinski definition) is 0. The Kier molecular flexibility index (Phi) is 4.46. The summed E-state index contributed by atoms with van der Waals surface area (Å²) >= 11 is 1.67. The third kappa shape index (κ3) is 3.34. The Morgan fingerprint density at radius 2 is 1.48 bits per heavy atom. The van der Waals surface area contributed by atoms with Crippen molar-refractivity contribution in [3.05, 3.63) is 81.5 Å². The van der Waals surface area contributed by atoms with Crippen molar-refractivity contribution < 1.29 is 9.59 Å². The number of anilines is 1. The largest absolute Gasteiger partial charge is 0.321 e. The van der Waals surface area contributed by atoms with Gasteiger partial charge in [0.05, 0.1) is 17.1 Å². The fourth-order valence-corrected chi connectivity index (χ4v) is 4.03. The molecule has 0 fully saturated rings. The molecule has 2 heterocycles. The summed E-state index contributed by atoms with van der Waals surface area (Å²) in [6.07, 6.45) is 0. The summed E-state index contributed by atoms with van der Waals surface area (Å²) in [6.45, 7) is 3.88. The van der Waals surface area contributed by atoms with E-state index < -0.39 is 0 Å². The number of aliphatic imine (C=N–C) groups is 1. The average Bonchev–Trinajstić information content (AvgIpc) is 3.25. The molecule has 5 heteroatoms. The molecule has 0 aliphatic carbocycles. The summed E-state index contributed by atoms with van der Waals surface area (Å²) < 4.78 is 0. The molecule has 2 aromatic carbocycles. The number of hydrogen-bond acceptors (Lipinski definition) is 4. The van der Waals surface area contributed by atoms with E-state index >= 15 is 0 Å². The normalized spacial score (nSPS) is 14.4. The molecule has 0 amide bonds. The summed E-state index contributed by atoms with van der Waals surface area (Å²) in [4.78, 5) is 31.2. The topological polar surface area (TPSA) is 49.7 Å². The Bertz CT molecular complexity index is 1050. The Morgan fingerprint density at radius 3 is 2.07 bits per heavy atom. The first-order chi connectivity index (χ1) is 13.0. The van der Waals surface area contributed by atoms with E-state index in [1.807, 2.05) is 36.4 Å². The average molecular weight is 374 g/mol. The zero-order valence-electron chi connectivity index (χ0n) is 15.1. The Labute approximate surface area is 161 Å². The third-order valence-corrected chi connectivity index (χ3v) is 5.58. The highest BCUT2D eigenvalue weighted by molar-refractivity contribution is 7.12. The number of ketones is 2. The van der Waals surface area contributed by atoms with Crippen molar-refractivity contribution in [3.8, 4) is 0 Å². The monoisotopic (exact) mass is 374 g/mol. The quantitative estimate of drug-likeness (QED) is 0.586. The van der Waals surface area contributed by atoms with Crippen molar-refractivity contribution in [1.82, 2.24) is 0 Å². The van der Waals surface area contributed by atoms with E-state index in [4.69, 9.17) is 4.99 Å². The summed E-state index contributed by atoms with van der Waals surface area (Å²) in [5.74, 6) is 0.996. The molecule has 4 rings (SSSR count). The van der Waals surface area contributed by atoms with E-state index in [0.29, 0.717) is 11.1 Å². The molecule has 1 aromatic heterocycles. The predicted octanol–water partition coefficient (Wildman–Crippen LogP) is 5.25. The minimum Gasteiger partial charge on any atom is -0.321 e. The van der Waals surface area contributed by atoms with Crippen LogP contribution in [0.5, 0.6) is 0 Å². The molecule has 0 radical (unpaired) electrons. The van der Waals surface area contributed by atoms with Crippen LogP contribution in [0.1, 0.15) is 45.0 Å². The molecule has 0 bridgehead atoms. The number of carbonyl (C=O) groups excluding carboxylic acids is 2. The fourth-order valence-electron chi connectivity index (χ4n) is 3.12. The van der Waals surface area contributed by atoms with Gasteiger partial charge in [-0.25, -0.2) is 4.99 Å². The highest BCUT2D eigenvalue weighted by Gasteiger charge is 2.28. The van der Waals surface area contributed by atoms with Crippen LogP contribution in [0.3, 0.4) is 0 Å². The summed E-state index contributed by atoms with van der Waals surface area (Å²) in [6, 6.07) is 17.1. The van der Waals surface area contributed by atoms with Gasteiger partial charge >= 0.3 is 0 Å². The maximum Gasteiger partial charge on any atom is 0.159 e. The van der Waals surface area contributed by atoms with E-state index in [-0.39, 0.29) is 11.6 Å². The lowest BCUT2D eigenvalue weighted by Crippen LogP contribution is -2.23. The van der Waals surface area contributed by atoms with Gasteiger partial charge in [0.25, 0.3) is 0 Å². The SMILES string of the molecule is CC(=O)c1ccc(N=C2c3sccc3CN2c2ccc(C(C)=O)cc2)cc1. The van der Waals surface area contributed by atoms with Crippen LogP contribution in [0.25, 0.3) is 0 Å². The highest BCUT2D eigenvalue weighted by atomic mass is 32.1. The van der Waals surface area contributed by atoms with Crippen LogP contribution in [-0.4, -0.2) is 17.4 Å². The Morgan fingerprint density at radius 1 is 0.889 bits per heavy atom. The molecule has 27 heavy (non-hydrogen) atoms. The first kappa shape index (κ1) is 17.4. The van der Waals surface area contributed by atoms with E-state index in [1.54, 1.807) is 37.3 Å². The van der Waals surface area contributed by atoms with Crippen LogP contribution in [0.2, 0.25) is 0 Å². The van der Waals surface area contributed by atoms with Crippen molar-refractivity contribution in [2.45, 2.75) is 20.4 Å². The van der Waals surface area contributed by atoms with Gasteiger partial charge in [-0.1, -0.05) is 0 Å². The van der Waals surface area contributed by atoms with Crippen LogP contribution in [0.15, 0.2) is 65.0 Å². The molecule has 0 saturated carbocycles. The van der Waals surface area contributed by atoms with E-state index in [9.17, 15) is 9.59 Å². The molecule has 134 valence electrons. The maximum absolute atomic E-state index is 11.5. The van der Waals surface area contributed by atoms with Gasteiger partial charge in [0.2, 0.25) is 0 Å². The van der Waals surface area contributed by atoms with Crippen LogP contribution >= 0.6 is 11.3 Å². The van der Waals surface area contributed by atoms with Crippen molar-refractivity contribution in [3.63, 3.8) is 0 Å². The number of fused-ring (bicyclic) bond motifs is 1.